The molecule has 0 fully saturated rings. The van der Waals surface area contributed by atoms with E-state index in [1.54, 1.807) is 12.1 Å². The van der Waals surface area contributed by atoms with Crippen LogP contribution in [-0.2, 0) is 83.6 Å². The predicted octanol–water partition coefficient (Wildman–Crippen LogP) is 10.5. The molecule has 40 nitrogen and oxygen atoms in total. The van der Waals surface area contributed by atoms with Gasteiger partial charge in [0.2, 0.25) is 34.4 Å². The van der Waals surface area contributed by atoms with Crippen LogP contribution in [0.1, 0.15) is 0 Å². The Morgan fingerprint density at radius 2 is 0.950 bits per heavy atom. The fourth-order valence-corrected chi connectivity index (χ4v) is 14.4. The van der Waals surface area contributed by atoms with Gasteiger partial charge in [0.1, 0.15) is 32.5 Å². The molecule has 0 amide bonds. The van der Waals surface area contributed by atoms with Crippen LogP contribution in [0, 0.1) is 0 Å². The average Bonchev–Trinajstić information content (AvgIpc) is 0.762. The third kappa shape index (κ3) is 17.6. The van der Waals surface area contributed by atoms with Gasteiger partial charge in [0.15, 0.2) is 21.3 Å². The van der Waals surface area contributed by atoms with Crippen molar-refractivity contribution in [2.24, 2.45) is 20.5 Å². The van der Waals surface area contributed by atoms with E-state index in [9.17, 15) is 78.9 Å². The van der Waals surface area contributed by atoms with Gasteiger partial charge in [0.25, 0.3) is 40.5 Å². The van der Waals surface area contributed by atoms with Crippen molar-refractivity contribution in [2.45, 2.75) is 34.3 Å². The topological polar surface area (TPSA) is 608 Å². The second-order valence-electron chi connectivity index (χ2n) is 19.5. The smallest absolute Gasteiger partial charge is 0.397 e. The number of benzene rings is 8. The number of nitrogens with zero attached hydrogens (tertiary/aromatic N) is 10. The zero-order valence-corrected chi connectivity index (χ0v) is 56.4. The summed E-state index contributed by atoms with van der Waals surface area (Å²) in [7, 11) is -29.8. The Kier molecular flexibility index (Phi) is 21.6. The summed E-state index contributed by atoms with van der Waals surface area (Å²) in [6, 6.07) is 21.5. The molecular formula is C50H36Cl2N14O26S8. The highest BCUT2D eigenvalue weighted by Crippen LogP contribution is 2.50. The van der Waals surface area contributed by atoms with Crippen molar-refractivity contribution in [1.29, 1.82) is 0 Å². The lowest BCUT2D eigenvalue weighted by molar-refractivity contribution is -0.432. The molecule has 100 heavy (non-hydrogen) atoms. The Morgan fingerprint density at radius 3 is 1.43 bits per heavy atom. The molecule has 0 aliphatic carbocycles. The second-order valence-corrected chi connectivity index (χ2v) is 30.4. The number of hydrogen-bond acceptors (Lipinski definition) is 37. The molecule has 0 unspecified atom stereocenters. The van der Waals surface area contributed by atoms with E-state index in [1.165, 1.54) is 36.4 Å². The summed E-state index contributed by atoms with van der Waals surface area (Å²) in [5.41, 5.74) is -3.66. The summed E-state index contributed by atoms with van der Waals surface area (Å²) in [4.78, 5) is 19.8. The zero-order valence-electron chi connectivity index (χ0n) is 48.3. The molecule has 524 valence electrons. The summed E-state index contributed by atoms with van der Waals surface area (Å²) in [6.07, 6.45) is 0. The van der Waals surface area contributed by atoms with Crippen LogP contribution >= 0.6 is 47.3 Å². The average molecular weight is 1580 g/mol. The van der Waals surface area contributed by atoms with Crippen molar-refractivity contribution in [1.82, 2.24) is 29.9 Å². The molecular weight excluding hydrogens is 1540 g/mol. The number of halogens is 2. The maximum atomic E-state index is 13.0. The highest BCUT2D eigenvalue weighted by Gasteiger charge is 2.28. The molecule has 0 saturated carbocycles. The molecule has 0 aliphatic heterocycles. The quantitative estimate of drug-likeness (QED) is 0.00748. The van der Waals surface area contributed by atoms with Crippen LogP contribution in [0.5, 0.6) is 11.5 Å². The fourth-order valence-electron chi connectivity index (χ4n) is 9.08. The SMILES string of the molecule is O=S(=O)(O)OCCS(=O)(=O)c1cccc(Nc2nc(Cl)nc(Nc3cc(S(=O)(=O)O)cc4cc(SOOO)c(/N=N/c5cc(Nc6nc(Cl)nc(Nc7cc(S(=O)(=O)O)cc8cc(SOOO)c(/N=N/c9ccc%10ccccc%10c9S(=O)(=O)O)c(O)c78)n6)ccc5S(=O)(=O)O)c(O)c34)n2)c1. The van der Waals surface area contributed by atoms with Gasteiger partial charge in [-0.25, -0.2) is 23.1 Å². The van der Waals surface area contributed by atoms with E-state index in [2.05, 4.69) is 94.6 Å². The molecule has 8 aromatic carbocycles. The van der Waals surface area contributed by atoms with Crippen LogP contribution in [0.2, 0.25) is 10.6 Å². The molecule has 2 aromatic heterocycles. The first-order chi connectivity index (χ1) is 47.0. The van der Waals surface area contributed by atoms with Crippen molar-refractivity contribution in [3.8, 4) is 11.5 Å². The van der Waals surface area contributed by atoms with Crippen molar-refractivity contribution < 1.29 is 117 Å². The van der Waals surface area contributed by atoms with Crippen molar-refractivity contribution in [2.75, 3.05) is 33.6 Å². The third-order valence-corrected chi connectivity index (χ3v) is 20.2. The van der Waals surface area contributed by atoms with E-state index in [1.807, 2.05) is 0 Å². The Bertz CT molecular complexity index is 5790. The lowest BCUT2D eigenvalue weighted by Gasteiger charge is -2.16. The first kappa shape index (κ1) is 73.8. The fraction of sp³-hybridized carbons (Fsp3) is 0.0400. The maximum absolute atomic E-state index is 13.0. The van der Waals surface area contributed by atoms with Crippen LogP contribution in [0.4, 0.5) is 69.3 Å². The highest BCUT2D eigenvalue weighted by molar-refractivity contribution is 7.95. The first-order valence-corrected chi connectivity index (χ1v) is 37.2. The Hall–Kier alpha value is -8.94. The number of aromatic nitrogens is 6. The molecule has 0 spiro atoms. The van der Waals surface area contributed by atoms with Gasteiger partial charge in [-0.15, -0.1) is 29.1 Å². The monoisotopic (exact) mass is 1570 g/mol. The number of phenols is 2. The molecule has 10 aromatic rings. The molecule has 0 aliphatic rings. The van der Waals surface area contributed by atoms with Crippen LogP contribution in [0.15, 0.2) is 170 Å². The number of anilines is 8. The summed E-state index contributed by atoms with van der Waals surface area (Å²) in [5, 5.41) is 74.1. The molecule has 0 bridgehead atoms. The molecule has 13 N–H and O–H groups in total. The third-order valence-electron chi connectivity index (χ3n) is 13.0. The van der Waals surface area contributed by atoms with E-state index in [-0.39, 0.29) is 66.8 Å². The van der Waals surface area contributed by atoms with Gasteiger partial charge in [-0.1, -0.05) is 46.5 Å². The van der Waals surface area contributed by atoms with Gasteiger partial charge in [0, 0.05) is 27.5 Å². The molecule has 10 rings (SSSR count). The molecule has 0 atom stereocenters. The second kappa shape index (κ2) is 29.3. The number of hydrogen-bond donors (Lipinski definition) is 13. The van der Waals surface area contributed by atoms with Crippen LogP contribution in [0.3, 0.4) is 0 Å². The van der Waals surface area contributed by atoms with E-state index < -0.39 is 183 Å². The molecule has 0 radical (unpaired) electrons. The molecule has 0 saturated heterocycles. The van der Waals surface area contributed by atoms with Crippen LogP contribution in [-0.4, -0.2) is 136 Å². The summed E-state index contributed by atoms with van der Waals surface area (Å²) in [5.74, 6) is -4.85. The first-order valence-electron chi connectivity index (χ1n) is 26.2. The predicted molar refractivity (Wildman–Crippen MR) is 349 cm³/mol. The van der Waals surface area contributed by atoms with E-state index in [0.29, 0.717) is 5.39 Å². The number of fused-ring (bicyclic) bond motifs is 3. The van der Waals surface area contributed by atoms with Gasteiger partial charge in [-0.3, -0.25) is 22.8 Å². The standard InChI is InChI=1S/C50H36Cl2N14O26S8/c51-45-57-47(53-25-5-3-6-27(18-25)95(71,72)13-12-88-100(85,86)87)61-49(59-45)55-34-21-29(97(76,77)78)15-24-17-36(94-92-90-70)41(43(68)39(24)34)66-64-32-19-26(9-11-37(32)98(79,80)81)54-48-58-46(52)60-50(62-48)56-33-20-28(96(73,74)75)14-23-16-35(93-91-89-69)40(42(67)38(23)33)65-63-31-10-8-22-4-1-2-7-30(22)44(31)99(82,83)84/h1-11,14-21,67-70H,12-13H2,(H,73,74,75)(H,76,77,78)(H,79,80,81)(H,82,83,84)(H,85,86,87)(H2,53,55,57,59,61)(H2,54,56,58,60,62)/b65-63+,66-64+. The normalized spacial score (nSPS) is 12.7. The van der Waals surface area contributed by atoms with Gasteiger partial charge < -0.3 is 31.5 Å². The lowest BCUT2D eigenvalue weighted by atomic mass is 10.1. The number of phenolic OH excluding ortho intramolecular Hbond substituents is 2. The van der Waals surface area contributed by atoms with E-state index >= 15 is 0 Å². The summed E-state index contributed by atoms with van der Waals surface area (Å²) >= 11 is 12.9. The number of nitrogens with one attached hydrogen (secondary N) is 4. The number of sulfone groups is 1. The minimum Gasteiger partial charge on any atom is -0.505 e. The van der Waals surface area contributed by atoms with E-state index in [4.69, 9.17) is 38.3 Å². The maximum Gasteiger partial charge on any atom is 0.397 e. The van der Waals surface area contributed by atoms with Crippen LogP contribution in [0.25, 0.3) is 32.3 Å². The van der Waals surface area contributed by atoms with Crippen molar-refractivity contribution >= 4 is 210 Å². The Balaban J connectivity index is 1.01. The Morgan fingerprint density at radius 1 is 0.460 bits per heavy atom. The van der Waals surface area contributed by atoms with Crippen LogP contribution < -0.4 is 21.3 Å². The largest absolute Gasteiger partial charge is 0.505 e. The minimum atomic E-state index is -5.26. The number of rotatable bonds is 27. The zero-order chi connectivity index (χ0) is 72.4. The minimum absolute atomic E-state index is 0.0201. The van der Waals surface area contributed by atoms with Gasteiger partial charge in [-0.2, -0.15) is 72.0 Å². The van der Waals surface area contributed by atoms with Crippen molar-refractivity contribution in [3.63, 3.8) is 0 Å². The van der Waals surface area contributed by atoms with Gasteiger partial charge >= 0.3 is 10.4 Å². The highest BCUT2D eigenvalue weighted by atomic mass is 35.5. The molecule has 2 heterocycles. The summed E-state index contributed by atoms with van der Waals surface area (Å²) in [6.45, 7) is -0.946. The summed E-state index contributed by atoms with van der Waals surface area (Å²) < 4.78 is 213. The van der Waals surface area contributed by atoms with Gasteiger partial charge in [0.05, 0.1) is 72.3 Å². The number of aromatic hydroxyl groups is 2. The van der Waals surface area contributed by atoms with Gasteiger partial charge in [-0.05, 0) is 118 Å². The number of azo groups is 2. The van der Waals surface area contributed by atoms with E-state index in [0.717, 1.165) is 66.7 Å². The van der Waals surface area contributed by atoms with Crippen molar-refractivity contribution in [3.05, 3.63) is 126 Å². The molecule has 50 heteroatoms. The Labute approximate surface area is 578 Å². The lowest BCUT2D eigenvalue weighted by Crippen LogP contribution is -2.15.